The van der Waals surface area contributed by atoms with E-state index in [0.717, 1.165) is 33.4 Å². The minimum atomic E-state index is -0.802. The van der Waals surface area contributed by atoms with Crippen molar-refractivity contribution in [2.24, 2.45) is 0 Å². The van der Waals surface area contributed by atoms with Crippen LogP contribution in [0.1, 0.15) is 40.3 Å². The molecular weight excluding hydrogens is 751 g/mol. The first-order valence-electron chi connectivity index (χ1n) is 20.6. The third kappa shape index (κ3) is 11.8. The molecule has 1 atom stereocenters. The van der Waals surface area contributed by atoms with Gasteiger partial charge in [-0.15, -0.1) is 0 Å². The van der Waals surface area contributed by atoms with Crippen LogP contribution in [0.5, 0.6) is 0 Å². The van der Waals surface area contributed by atoms with Gasteiger partial charge in [0.15, 0.2) is 0 Å². The molecule has 0 bridgehead atoms. The van der Waals surface area contributed by atoms with Gasteiger partial charge in [0.05, 0.1) is 72.1 Å². The molecule has 0 amide bonds. The van der Waals surface area contributed by atoms with Gasteiger partial charge in [-0.3, -0.25) is 0 Å². The van der Waals surface area contributed by atoms with Gasteiger partial charge in [-0.2, -0.15) is 5.26 Å². The number of rotatable bonds is 26. The number of benzene rings is 6. The van der Waals surface area contributed by atoms with E-state index in [4.69, 9.17) is 33.2 Å². The topological polar surface area (TPSA) is 88.4 Å². The Morgan fingerprint density at radius 2 is 0.633 bits per heavy atom. The smallest absolute Gasteiger partial charge is 0.143 e. The minimum absolute atomic E-state index is 0.250. The summed E-state index contributed by atoms with van der Waals surface area (Å²) in [5.41, 5.74) is 4.64. The molecular formula is C52H55NO7. The van der Waals surface area contributed by atoms with Gasteiger partial charge in [-0.1, -0.05) is 182 Å². The molecule has 1 unspecified atom stereocenters. The van der Waals surface area contributed by atoms with Crippen molar-refractivity contribution in [3.8, 4) is 6.07 Å². The van der Waals surface area contributed by atoms with Crippen LogP contribution in [0.15, 0.2) is 182 Å². The zero-order chi connectivity index (χ0) is 41.6. The molecule has 8 heteroatoms. The minimum Gasteiger partial charge on any atom is -0.377 e. The van der Waals surface area contributed by atoms with Gasteiger partial charge in [0.2, 0.25) is 0 Å². The highest BCUT2D eigenvalue weighted by molar-refractivity contribution is 5.48. The van der Waals surface area contributed by atoms with E-state index in [2.05, 4.69) is 78.9 Å². The first-order valence-corrected chi connectivity index (χ1v) is 20.6. The lowest BCUT2D eigenvalue weighted by Gasteiger charge is -2.36. The van der Waals surface area contributed by atoms with E-state index in [1.807, 2.05) is 109 Å². The van der Waals surface area contributed by atoms with E-state index in [9.17, 15) is 5.26 Å². The standard InChI is InChI=1S/C52H55NO7/c1-43(40-53)60-50(41-56-34-32-54-36-38-58-51(44-20-8-2-9-21-44,45-22-10-3-11-23-45)46-24-12-4-13-25-46)42-57-35-33-55-37-39-59-52(47-26-14-5-15-27-47,48-28-16-6-17-29-48)49-30-18-7-19-31-49/h2-31,43,50H,32-39,41-42H2,1H3. The van der Waals surface area contributed by atoms with Crippen LogP contribution >= 0.6 is 0 Å². The number of nitriles is 1. The molecule has 0 fully saturated rings. The normalized spacial score (nSPS) is 12.3. The molecule has 8 nitrogen and oxygen atoms in total. The van der Waals surface area contributed by atoms with E-state index in [0.29, 0.717) is 52.9 Å². The summed E-state index contributed by atoms with van der Waals surface area (Å²) in [7, 11) is 0. The summed E-state index contributed by atoms with van der Waals surface area (Å²) in [4.78, 5) is 0. The summed E-state index contributed by atoms with van der Waals surface area (Å²) < 4.78 is 43.2. The molecule has 0 aliphatic rings. The quantitative estimate of drug-likeness (QED) is 0.0396. The second-order valence-corrected chi connectivity index (χ2v) is 14.2. The molecule has 0 aliphatic carbocycles. The van der Waals surface area contributed by atoms with Gasteiger partial charge >= 0.3 is 0 Å². The SMILES string of the molecule is CC(C#N)OC(COCCOCCOC(c1ccccc1)(c1ccccc1)c1ccccc1)COCCOCCOC(c1ccccc1)(c1ccccc1)c1ccccc1. The van der Waals surface area contributed by atoms with E-state index in [1.54, 1.807) is 6.92 Å². The maximum atomic E-state index is 9.40. The predicted octanol–water partition coefficient (Wildman–Crippen LogP) is 9.37. The highest BCUT2D eigenvalue weighted by Crippen LogP contribution is 2.41. The highest BCUT2D eigenvalue weighted by atomic mass is 16.6. The van der Waals surface area contributed by atoms with E-state index < -0.39 is 23.4 Å². The van der Waals surface area contributed by atoms with Crippen LogP contribution in [0, 0.1) is 11.3 Å². The van der Waals surface area contributed by atoms with Crippen molar-refractivity contribution in [1.29, 1.82) is 5.26 Å². The Morgan fingerprint density at radius 3 is 0.900 bits per heavy atom. The number of ether oxygens (including phenoxy) is 7. The molecule has 0 saturated heterocycles. The summed E-state index contributed by atoms with van der Waals surface area (Å²) in [6.07, 6.45) is -1.04. The molecule has 0 aromatic heterocycles. The molecule has 0 N–H and O–H groups in total. The average molecular weight is 806 g/mol. The fraction of sp³-hybridized carbons (Fsp3) is 0.288. The van der Waals surface area contributed by atoms with Crippen LogP contribution in [-0.2, 0) is 44.4 Å². The molecule has 0 radical (unpaired) electrons. The molecule has 6 aromatic rings. The summed E-state index contributed by atoms with van der Waals surface area (Å²) in [5, 5.41) is 9.40. The number of hydrogen-bond acceptors (Lipinski definition) is 8. The summed E-state index contributed by atoms with van der Waals surface area (Å²) >= 11 is 0. The van der Waals surface area contributed by atoms with Gasteiger partial charge < -0.3 is 33.2 Å². The number of hydrogen-bond donors (Lipinski definition) is 0. The Kier molecular flexibility index (Phi) is 17.6. The fourth-order valence-corrected chi connectivity index (χ4v) is 7.36. The van der Waals surface area contributed by atoms with Crippen LogP contribution in [0.2, 0.25) is 0 Å². The van der Waals surface area contributed by atoms with Crippen molar-refractivity contribution in [1.82, 2.24) is 0 Å². The maximum Gasteiger partial charge on any atom is 0.143 e. The van der Waals surface area contributed by atoms with Crippen molar-refractivity contribution < 1.29 is 33.2 Å². The summed E-state index contributed by atoms with van der Waals surface area (Å²) in [6, 6.07) is 63.8. The third-order valence-corrected chi connectivity index (χ3v) is 10.1. The van der Waals surface area contributed by atoms with Crippen molar-refractivity contribution in [2.45, 2.75) is 30.3 Å². The Hall–Kier alpha value is -5.47. The Balaban J connectivity index is 0.931. The van der Waals surface area contributed by atoms with E-state index in [-0.39, 0.29) is 13.2 Å². The molecule has 0 aliphatic heterocycles. The van der Waals surface area contributed by atoms with Crippen LogP contribution in [0.25, 0.3) is 0 Å². The van der Waals surface area contributed by atoms with Crippen LogP contribution in [0.4, 0.5) is 0 Å². The Labute approximate surface area is 355 Å². The Morgan fingerprint density at radius 1 is 0.383 bits per heavy atom. The molecule has 0 heterocycles. The monoisotopic (exact) mass is 805 g/mol. The average Bonchev–Trinajstić information content (AvgIpc) is 3.32. The van der Waals surface area contributed by atoms with Gasteiger partial charge in [0.25, 0.3) is 0 Å². The predicted molar refractivity (Wildman–Crippen MR) is 234 cm³/mol. The lowest BCUT2D eigenvalue weighted by Crippen LogP contribution is -2.34. The molecule has 6 aromatic carbocycles. The summed E-state index contributed by atoms with van der Waals surface area (Å²) in [5.74, 6) is 0. The van der Waals surface area contributed by atoms with Crippen molar-refractivity contribution in [3.63, 3.8) is 0 Å². The second-order valence-electron chi connectivity index (χ2n) is 14.2. The lowest BCUT2D eigenvalue weighted by molar-refractivity contribution is -0.0883. The maximum absolute atomic E-state index is 9.40. The van der Waals surface area contributed by atoms with Crippen LogP contribution in [0.3, 0.4) is 0 Å². The molecule has 0 saturated carbocycles. The van der Waals surface area contributed by atoms with Gasteiger partial charge in [0.1, 0.15) is 23.4 Å². The molecule has 310 valence electrons. The Bertz CT molecular complexity index is 1750. The molecule has 0 spiro atoms. The first-order chi connectivity index (χ1) is 29.7. The van der Waals surface area contributed by atoms with Crippen LogP contribution in [-0.4, -0.2) is 78.3 Å². The van der Waals surface area contributed by atoms with Crippen LogP contribution < -0.4 is 0 Å². The lowest BCUT2D eigenvalue weighted by atomic mass is 9.80. The van der Waals surface area contributed by atoms with Crippen molar-refractivity contribution in [3.05, 3.63) is 215 Å². The van der Waals surface area contributed by atoms with Gasteiger partial charge in [0, 0.05) is 0 Å². The zero-order valence-electron chi connectivity index (χ0n) is 34.4. The third-order valence-electron chi connectivity index (χ3n) is 10.1. The first kappa shape index (κ1) is 44.1. The fourth-order valence-electron chi connectivity index (χ4n) is 7.36. The molecule has 6 rings (SSSR count). The second kappa shape index (κ2) is 24.0. The molecule has 60 heavy (non-hydrogen) atoms. The van der Waals surface area contributed by atoms with Gasteiger partial charge in [-0.05, 0) is 40.3 Å². The zero-order valence-corrected chi connectivity index (χ0v) is 34.4. The highest BCUT2D eigenvalue weighted by Gasteiger charge is 2.38. The summed E-state index contributed by atoms with van der Waals surface area (Å²) in [6.45, 7) is 5.13. The van der Waals surface area contributed by atoms with Gasteiger partial charge in [-0.25, -0.2) is 0 Å². The number of nitrogens with zero attached hydrogens (tertiary/aromatic N) is 1. The largest absolute Gasteiger partial charge is 0.377 e. The van der Waals surface area contributed by atoms with Crippen molar-refractivity contribution >= 4 is 0 Å². The van der Waals surface area contributed by atoms with E-state index >= 15 is 0 Å². The van der Waals surface area contributed by atoms with E-state index in [1.165, 1.54) is 0 Å². The van der Waals surface area contributed by atoms with Crippen molar-refractivity contribution in [2.75, 3.05) is 66.1 Å².